The van der Waals surface area contributed by atoms with Gasteiger partial charge in [-0.15, -0.1) is 0 Å². The van der Waals surface area contributed by atoms with Crippen molar-refractivity contribution in [2.45, 2.75) is 58.4 Å². The smallest absolute Gasteiger partial charge is 0.254 e. The number of rotatable bonds is 9. The molecule has 8 nitrogen and oxygen atoms in total. The number of pyridine rings is 2. The average Bonchev–Trinajstić information content (AvgIpc) is 3.33. The Morgan fingerprint density at radius 2 is 1.63 bits per heavy atom. The first kappa shape index (κ1) is 27.0. The summed E-state index contributed by atoms with van der Waals surface area (Å²) in [6.07, 6.45) is 4.35. The van der Waals surface area contributed by atoms with Crippen molar-refractivity contribution in [2.75, 3.05) is 13.1 Å². The van der Waals surface area contributed by atoms with Crippen molar-refractivity contribution in [3.8, 4) is 17.8 Å². The van der Waals surface area contributed by atoms with Crippen LogP contribution in [0.3, 0.4) is 0 Å². The van der Waals surface area contributed by atoms with E-state index in [2.05, 4.69) is 20.2 Å². The summed E-state index contributed by atoms with van der Waals surface area (Å²) >= 11 is 0. The van der Waals surface area contributed by atoms with E-state index >= 15 is 0 Å². The molecule has 0 aliphatic carbocycles. The lowest BCUT2D eigenvalue weighted by Crippen LogP contribution is -2.38. The molecule has 0 unspecified atom stereocenters. The molecule has 3 aromatic rings. The van der Waals surface area contributed by atoms with Gasteiger partial charge in [0.05, 0.1) is 35.4 Å². The highest BCUT2D eigenvalue weighted by Crippen LogP contribution is 2.32. The molecule has 0 bridgehead atoms. The van der Waals surface area contributed by atoms with Crippen LogP contribution in [0.4, 0.5) is 4.39 Å². The Labute approximate surface area is 222 Å². The lowest BCUT2D eigenvalue weighted by molar-refractivity contribution is 0.0932. The summed E-state index contributed by atoms with van der Waals surface area (Å²) in [6.45, 7) is 9.07. The topological polar surface area (TPSA) is 100 Å². The first-order chi connectivity index (χ1) is 18.2. The van der Waals surface area contributed by atoms with E-state index in [0.717, 1.165) is 17.2 Å². The predicted molar refractivity (Wildman–Crippen MR) is 140 cm³/mol. The van der Waals surface area contributed by atoms with Gasteiger partial charge in [0.15, 0.2) is 0 Å². The van der Waals surface area contributed by atoms with Crippen molar-refractivity contribution in [2.24, 2.45) is 0 Å². The van der Waals surface area contributed by atoms with Crippen LogP contribution in [-0.4, -0.2) is 52.1 Å². The maximum Gasteiger partial charge on any atom is 0.254 e. The Bertz CT molecular complexity index is 1240. The van der Waals surface area contributed by atoms with E-state index in [9.17, 15) is 9.18 Å². The molecule has 1 aliphatic rings. The number of nitriles is 1. The number of aromatic nitrogens is 2. The van der Waals surface area contributed by atoms with Crippen LogP contribution in [0.2, 0.25) is 0 Å². The fraction of sp³-hybridized carbons (Fsp3) is 0.379. The van der Waals surface area contributed by atoms with Crippen molar-refractivity contribution in [3.63, 3.8) is 0 Å². The predicted octanol–water partition coefficient (Wildman–Crippen LogP) is 4.66. The van der Waals surface area contributed by atoms with Gasteiger partial charge in [-0.1, -0.05) is 12.1 Å². The highest BCUT2D eigenvalue weighted by Gasteiger charge is 2.32. The van der Waals surface area contributed by atoms with Crippen molar-refractivity contribution in [1.29, 1.82) is 5.26 Å². The van der Waals surface area contributed by atoms with Crippen LogP contribution >= 0.6 is 0 Å². The molecule has 1 fully saturated rings. The number of halogens is 1. The second-order valence-electron chi connectivity index (χ2n) is 9.86. The molecule has 38 heavy (non-hydrogen) atoms. The molecule has 2 aromatic heterocycles. The van der Waals surface area contributed by atoms with Crippen LogP contribution in [0, 0.1) is 17.1 Å². The summed E-state index contributed by atoms with van der Waals surface area (Å²) in [5, 5.41) is 11.9. The second-order valence-corrected chi connectivity index (χ2v) is 9.86. The molecule has 4 rings (SSSR count). The molecule has 9 heteroatoms. The normalized spacial score (nSPS) is 15.6. The van der Waals surface area contributed by atoms with Crippen molar-refractivity contribution >= 4 is 5.91 Å². The van der Waals surface area contributed by atoms with Gasteiger partial charge in [-0.05, 0) is 63.4 Å². The molecule has 0 spiro atoms. The van der Waals surface area contributed by atoms with Crippen molar-refractivity contribution < 1.29 is 18.7 Å². The van der Waals surface area contributed by atoms with E-state index < -0.39 is 11.7 Å². The van der Waals surface area contributed by atoms with E-state index in [-0.39, 0.29) is 35.4 Å². The van der Waals surface area contributed by atoms with Crippen LogP contribution in [0.25, 0.3) is 0 Å². The fourth-order valence-corrected chi connectivity index (χ4v) is 4.52. The summed E-state index contributed by atoms with van der Waals surface area (Å²) in [7, 11) is 0. The van der Waals surface area contributed by atoms with E-state index in [4.69, 9.17) is 14.7 Å². The van der Waals surface area contributed by atoms with E-state index in [1.165, 1.54) is 12.1 Å². The fourth-order valence-electron chi connectivity index (χ4n) is 4.52. The highest BCUT2D eigenvalue weighted by molar-refractivity contribution is 5.94. The van der Waals surface area contributed by atoms with Crippen molar-refractivity contribution in [3.05, 3.63) is 82.9 Å². The molecule has 1 N–H and O–H groups in total. The Balaban J connectivity index is 1.54. The van der Waals surface area contributed by atoms with E-state index in [1.54, 1.807) is 12.4 Å². The third-order valence-corrected chi connectivity index (χ3v) is 6.13. The number of ether oxygens (including phenoxy) is 2. The van der Waals surface area contributed by atoms with Gasteiger partial charge < -0.3 is 14.8 Å². The molecule has 1 aliphatic heterocycles. The molecule has 198 valence electrons. The summed E-state index contributed by atoms with van der Waals surface area (Å²) in [5.74, 6) is -0.0995. The Morgan fingerprint density at radius 3 is 2.11 bits per heavy atom. The molecule has 1 amide bonds. The largest absolute Gasteiger partial charge is 0.475 e. The molecule has 1 atom stereocenters. The number of nitrogens with one attached hydrogen (secondary N) is 1. The number of hydrogen-bond acceptors (Lipinski definition) is 7. The monoisotopic (exact) mass is 517 g/mol. The first-order valence-electron chi connectivity index (χ1n) is 12.7. The van der Waals surface area contributed by atoms with Crippen LogP contribution in [-0.2, 0) is 0 Å². The number of nitrogens with zero attached hydrogens (tertiary/aromatic N) is 4. The SMILES string of the molecule is CC(C)Oc1ccc(C(c2ccc(OC(C)C)nc2)N2CC[C@@H](NC(=O)c3ccc(C#N)cc3F)C2)cn1. The van der Waals surface area contributed by atoms with Gasteiger partial charge in [-0.3, -0.25) is 9.69 Å². The minimum absolute atomic E-state index is 0.0192. The zero-order chi connectivity index (χ0) is 27.2. The van der Waals surface area contributed by atoms with Gasteiger partial charge in [0.2, 0.25) is 11.8 Å². The van der Waals surface area contributed by atoms with Crippen LogP contribution in [0.5, 0.6) is 11.8 Å². The van der Waals surface area contributed by atoms with Crippen LogP contribution < -0.4 is 14.8 Å². The lowest BCUT2D eigenvalue weighted by Gasteiger charge is -2.29. The molecule has 3 heterocycles. The number of likely N-dealkylation sites (tertiary alicyclic amines) is 1. The molecular weight excluding hydrogens is 485 g/mol. The lowest BCUT2D eigenvalue weighted by atomic mass is 10.0. The number of carbonyl (C=O) groups is 1. The second kappa shape index (κ2) is 12.0. The minimum atomic E-state index is -0.709. The number of benzene rings is 1. The van der Waals surface area contributed by atoms with Crippen LogP contribution in [0.15, 0.2) is 54.9 Å². The van der Waals surface area contributed by atoms with E-state index in [1.807, 2.05) is 58.0 Å². The summed E-state index contributed by atoms with van der Waals surface area (Å²) in [6, 6.07) is 13.1. The summed E-state index contributed by atoms with van der Waals surface area (Å²) in [4.78, 5) is 24.0. The quantitative estimate of drug-likeness (QED) is 0.441. The van der Waals surface area contributed by atoms with Crippen molar-refractivity contribution in [1.82, 2.24) is 20.2 Å². The Hall–Kier alpha value is -4.03. The molecule has 0 radical (unpaired) electrons. The van der Waals surface area contributed by atoms with Gasteiger partial charge in [-0.25, -0.2) is 14.4 Å². The van der Waals surface area contributed by atoms with E-state index in [0.29, 0.717) is 31.3 Å². The average molecular weight is 518 g/mol. The number of carbonyl (C=O) groups excluding carboxylic acids is 1. The maximum absolute atomic E-state index is 14.4. The number of amides is 1. The van der Waals surface area contributed by atoms with Crippen LogP contribution in [0.1, 0.15) is 67.2 Å². The summed E-state index contributed by atoms with van der Waals surface area (Å²) < 4.78 is 25.8. The third kappa shape index (κ3) is 6.64. The molecule has 1 aromatic carbocycles. The highest BCUT2D eigenvalue weighted by atomic mass is 19.1. The number of hydrogen-bond donors (Lipinski definition) is 1. The third-order valence-electron chi connectivity index (χ3n) is 6.13. The maximum atomic E-state index is 14.4. The summed E-state index contributed by atoms with van der Waals surface area (Å²) in [5.41, 5.74) is 2.02. The molecular formula is C29H32FN5O3. The standard InChI is InChI=1S/C29H32FN5O3/c1-18(2)37-26-9-6-21(15-32-26)28(22-7-10-27(33-16-22)38-19(3)4)35-12-11-23(17-35)34-29(36)24-8-5-20(14-31)13-25(24)30/h5-10,13,15-16,18-19,23,28H,11-12,17H2,1-4H3,(H,34,36)/t23-/m1/s1. The molecule has 0 saturated carbocycles. The van der Waals surface area contributed by atoms with Gasteiger partial charge in [-0.2, -0.15) is 5.26 Å². The minimum Gasteiger partial charge on any atom is -0.475 e. The zero-order valence-corrected chi connectivity index (χ0v) is 22.0. The Morgan fingerprint density at radius 1 is 1.03 bits per heavy atom. The van der Waals surface area contributed by atoms with Gasteiger partial charge in [0, 0.05) is 43.7 Å². The zero-order valence-electron chi connectivity index (χ0n) is 22.0. The van der Waals surface area contributed by atoms with Gasteiger partial charge in [0.1, 0.15) is 5.82 Å². The van der Waals surface area contributed by atoms with Gasteiger partial charge in [0.25, 0.3) is 5.91 Å². The van der Waals surface area contributed by atoms with Gasteiger partial charge >= 0.3 is 0 Å². The molecule has 1 saturated heterocycles. The Kier molecular flexibility index (Phi) is 8.54. The first-order valence-corrected chi connectivity index (χ1v) is 12.7.